The van der Waals surface area contributed by atoms with Gasteiger partial charge in [-0.15, -0.1) is 0 Å². The summed E-state index contributed by atoms with van der Waals surface area (Å²) in [5.41, 5.74) is 2.18. The first-order chi connectivity index (χ1) is 12.8. The van der Waals surface area contributed by atoms with E-state index in [-0.39, 0.29) is 29.1 Å². The Morgan fingerprint density at radius 3 is 2.67 bits per heavy atom. The highest BCUT2D eigenvalue weighted by atomic mass is 32.2. The minimum Gasteiger partial charge on any atom is -0.356 e. The van der Waals surface area contributed by atoms with E-state index in [1.54, 1.807) is 18.0 Å². The van der Waals surface area contributed by atoms with Crippen LogP contribution in [0, 0.1) is 6.92 Å². The van der Waals surface area contributed by atoms with Gasteiger partial charge in [0.15, 0.2) is 9.84 Å². The lowest BCUT2D eigenvalue weighted by atomic mass is 10.2. The summed E-state index contributed by atoms with van der Waals surface area (Å²) in [7, 11) is -1.19. The molecule has 7 nitrogen and oxygen atoms in total. The molecule has 8 heteroatoms. The molecule has 1 aliphatic rings. The van der Waals surface area contributed by atoms with Crippen molar-refractivity contribution in [2.24, 2.45) is 0 Å². The molecular weight excluding hydrogens is 364 g/mol. The third kappa shape index (κ3) is 4.27. The normalized spacial score (nSPS) is 18.3. The largest absolute Gasteiger partial charge is 0.356 e. The number of aromatic nitrogens is 2. The molecule has 27 heavy (non-hydrogen) atoms. The van der Waals surface area contributed by atoms with E-state index in [1.165, 1.54) is 6.33 Å². The van der Waals surface area contributed by atoms with E-state index in [4.69, 9.17) is 0 Å². The molecule has 0 saturated carbocycles. The van der Waals surface area contributed by atoms with Crippen LogP contribution in [-0.4, -0.2) is 55.4 Å². The molecule has 3 rings (SSSR count). The Kier molecular flexibility index (Phi) is 5.46. The van der Waals surface area contributed by atoms with Crippen LogP contribution < -0.4 is 9.80 Å². The summed E-state index contributed by atoms with van der Waals surface area (Å²) in [5, 5.41) is 0. The van der Waals surface area contributed by atoms with Crippen molar-refractivity contribution in [2.45, 2.75) is 26.3 Å². The van der Waals surface area contributed by atoms with Crippen molar-refractivity contribution < 1.29 is 13.2 Å². The molecule has 0 bridgehead atoms. The molecular formula is C19H24N4O3S. The maximum Gasteiger partial charge on any atom is 0.277 e. The van der Waals surface area contributed by atoms with Gasteiger partial charge in [-0.25, -0.2) is 18.4 Å². The molecule has 1 aromatic heterocycles. The number of sulfone groups is 1. The van der Waals surface area contributed by atoms with Gasteiger partial charge in [0.2, 0.25) is 0 Å². The van der Waals surface area contributed by atoms with Crippen LogP contribution in [0.1, 0.15) is 29.4 Å². The van der Waals surface area contributed by atoms with E-state index in [0.29, 0.717) is 18.8 Å². The fourth-order valence-corrected chi connectivity index (χ4v) is 5.08. The molecule has 144 valence electrons. The maximum absolute atomic E-state index is 13.0. The number of hydrogen-bond acceptors (Lipinski definition) is 6. The fraction of sp³-hybridized carbons (Fsp3) is 0.421. The Morgan fingerprint density at radius 1 is 1.26 bits per heavy atom. The van der Waals surface area contributed by atoms with E-state index in [0.717, 1.165) is 11.3 Å². The topological polar surface area (TPSA) is 83.5 Å². The SMILES string of the molecule is CCN(C(=O)c1cc(N(C)C2CCS(=O)(=O)C2)ncn1)c1cccc(C)c1. The zero-order chi connectivity index (χ0) is 19.6. The van der Waals surface area contributed by atoms with E-state index >= 15 is 0 Å². The van der Waals surface area contributed by atoms with Gasteiger partial charge < -0.3 is 9.80 Å². The van der Waals surface area contributed by atoms with Crippen LogP contribution in [0.4, 0.5) is 11.5 Å². The zero-order valence-corrected chi connectivity index (χ0v) is 16.6. The number of aryl methyl sites for hydroxylation is 1. The van der Waals surface area contributed by atoms with Gasteiger partial charge in [0.1, 0.15) is 17.8 Å². The van der Waals surface area contributed by atoms with Crippen molar-refractivity contribution in [1.29, 1.82) is 0 Å². The molecule has 1 amide bonds. The second kappa shape index (κ2) is 7.64. The van der Waals surface area contributed by atoms with Gasteiger partial charge in [-0.1, -0.05) is 12.1 Å². The van der Waals surface area contributed by atoms with Crippen LogP contribution in [0.15, 0.2) is 36.7 Å². The number of nitrogens with zero attached hydrogens (tertiary/aromatic N) is 4. The molecule has 2 heterocycles. The smallest absolute Gasteiger partial charge is 0.277 e. The highest BCUT2D eigenvalue weighted by Gasteiger charge is 2.31. The first-order valence-corrected chi connectivity index (χ1v) is 10.8. The minimum absolute atomic E-state index is 0.112. The van der Waals surface area contributed by atoms with Gasteiger partial charge in [0, 0.05) is 31.4 Å². The average Bonchev–Trinajstić information content (AvgIpc) is 3.01. The predicted octanol–water partition coefficient (Wildman–Crippen LogP) is 2.08. The predicted molar refractivity (Wildman–Crippen MR) is 106 cm³/mol. The van der Waals surface area contributed by atoms with Crippen molar-refractivity contribution in [3.8, 4) is 0 Å². The van der Waals surface area contributed by atoms with Gasteiger partial charge >= 0.3 is 0 Å². The van der Waals surface area contributed by atoms with Gasteiger partial charge in [-0.3, -0.25) is 4.79 Å². The molecule has 1 unspecified atom stereocenters. The second-order valence-corrected chi connectivity index (χ2v) is 9.05. The molecule has 0 N–H and O–H groups in total. The van der Waals surface area contributed by atoms with Crippen LogP contribution in [-0.2, 0) is 9.84 Å². The number of anilines is 2. The average molecular weight is 388 g/mol. The second-order valence-electron chi connectivity index (χ2n) is 6.82. The van der Waals surface area contributed by atoms with E-state index in [9.17, 15) is 13.2 Å². The van der Waals surface area contributed by atoms with Gasteiger partial charge in [-0.05, 0) is 38.0 Å². The molecule has 1 atom stereocenters. The van der Waals surface area contributed by atoms with Gasteiger partial charge in [0.05, 0.1) is 11.5 Å². The highest BCUT2D eigenvalue weighted by molar-refractivity contribution is 7.91. The Balaban J connectivity index is 1.85. The molecule has 2 aromatic rings. The van der Waals surface area contributed by atoms with Gasteiger partial charge in [0.25, 0.3) is 5.91 Å². The van der Waals surface area contributed by atoms with Gasteiger partial charge in [-0.2, -0.15) is 0 Å². The van der Waals surface area contributed by atoms with Crippen molar-refractivity contribution >= 4 is 27.2 Å². The van der Waals surface area contributed by atoms with Crippen molar-refractivity contribution in [3.05, 3.63) is 47.9 Å². The molecule has 1 fully saturated rings. The maximum atomic E-state index is 13.0. The number of carbonyl (C=O) groups excluding carboxylic acids is 1. The Labute approximate surface area is 160 Å². The Bertz CT molecular complexity index is 945. The van der Waals surface area contributed by atoms with Crippen LogP contribution in [0.3, 0.4) is 0 Å². The highest BCUT2D eigenvalue weighted by Crippen LogP contribution is 2.23. The Hall–Kier alpha value is -2.48. The first-order valence-electron chi connectivity index (χ1n) is 8.94. The van der Waals surface area contributed by atoms with Crippen molar-refractivity contribution in [3.63, 3.8) is 0 Å². The molecule has 0 spiro atoms. The lowest BCUT2D eigenvalue weighted by molar-refractivity contribution is 0.0983. The van der Waals surface area contributed by atoms with E-state index < -0.39 is 9.84 Å². The van der Waals surface area contributed by atoms with E-state index in [2.05, 4.69) is 9.97 Å². The molecule has 1 saturated heterocycles. The lowest BCUT2D eigenvalue weighted by Gasteiger charge is -2.25. The summed E-state index contributed by atoms with van der Waals surface area (Å²) in [4.78, 5) is 24.9. The van der Waals surface area contributed by atoms with E-state index in [1.807, 2.05) is 43.0 Å². The number of carbonyl (C=O) groups is 1. The molecule has 0 aliphatic carbocycles. The summed E-state index contributed by atoms with van der Waals surface area (Å²) in [6.45, 7) is 4.41. The zero-order valence-electron chi connectivity index (χ0n) is 15.8. The van der Waals surface area contributed by atoms with Crippen LogP contribution in [0.2, 0.25) is 0 Å². The quantitative estimate of drug-likeness (QED) is 0.780. The van der Waals surface area contributed by atoms with Crippen LogP contribution in [0.5, 0.6) is 0 Å². The number of amides is 1. The molecule has 1 aromatic carbocycles. The fourth-order valence-electron chi connectivity index (χ4n) is 3.30. The minimum atomic E-state index is -2.99. The summed E-state index contributed by atoms with van der Waals surface area (Å²) >= 11 is 0. The lowest BCUT2D eigenvalue weighted by Crippen LogP contribution is -2.34. The van der Waals surface area contributed by atoms with Crippen LogP contribution in [0.25, 0.3) is 0 Å². The molecule has 0 radical (unpaired) electrons. The summed E-state index contributed by atoms with van der Waals surface area (Å²) in [6.07, 6.45) is 1.92. The number of benzene rings is 1. The third-order valence-electron chi connectivity index (χ3n) is 4.86. The van der Waals surface area contributed by atoms with Crippen LogP contribution >= 0.6 is 0 Å². The summed E-state index contributed by atoms with van der Waals surface area (Å²) < 4.78 is 23.5. The summed E-state index contributed by atoms with van der Waals surface area (Å²) in [6, 6.07) is 9.25. The number of rotatable bonds is 5. The number of hydrogen-bond donors (Lipinski definition) is 0. The van der Waals surface area contributed by atoms with Crippen molar-refractivity contribution in [1.82, 2.24) is 9.97 Å². The van der Waals surface area contributed by atoms with Crippen molar-refractivity contribution in [2.75, 3.05) is 34.9 Å². The first kappa shape index (κ1) is 19.3. The Morgan fingerprint density at radius 2 is 2.04 bits per heavy atom. The monoisotopic (exact) mass is 388 g/mol. The third-order valence-corrected chi connectivity index (χ3v) is 6.61. The standard InChI is InChI=1S/C19H24N4O3S/c1-4-23(15-7-5-6-14(2)10-15)19(24)17-11-18(21-13-20-17)22(3)16-8-9-27(25,26)12-16/h5-7,10-11,13,16H,4,8-9,12H2,1-3H3. The molecule has 1 aliphatic heterocycles. The summed E-state index contributed by atoms with van der Waals surface area (Å²) in [5.74, 6) is 0.645.